The molecule has 17 heavy (non-hydrogen) atoms. The summed E-state index contributed by atoms with van der Waals surface area (Å²) >= 11 is 5.85. The SMILES string of the molecule is CCOC(=O)c1cc(O)cc(C(Cl)C(C)=O)c1. The topological polar surface area (TPSA) is 63.6 Å². The van der Waals surface area contributed by atoms with Gasteiger partial charge in [0.1, 0.15) is 11.1 Å². The lowest BCUT2D eigenvalue weighted by molar-refractivity contribution is -0.116. The van der Waals surface area contributed by atoms with Gasteiger partial charge in [0.05, 0.1) is 12.2 Å². The van der Waals surface area contributed by atoms with Crippen molar-refractivity contribution in [3.63, 3.8) is 0 Å². The van der Waals surface area contributed by atoms with Crippen molar-refractivity contribution in [1.82, 2.24) is 0 Å². The van der Waals surface area contributed by atoms with Crippen LogP contribution < -0.4 is 0 Å². The van der Waals surface area contributed by atoms with Crippen molar-refractivity contribution in [3.05, 3.63) is 29.3 Å². The van der Waals surface area contributed by atoms with E-state index in [2.05, 4.69) is 0 Å². The van der Waals surface area contributed by atoms with Crippen molar-refractivity contribution in [2.24, 2.45) is 0 Å². The highest BCUT2D eigenvalue weighted by molar-refractivity contribution is 6.30. The summed E-state index contributed by atoms with van der Waals surface area (Å²) in [5, 5.41) is 8.58. The number of aromatic hydroxyl groups is 1. The van der Waals surface area contributed by atoms with E-state index < -0.39 is 11.3 Å². The maximum absolute atomic E-state index is 11.5. The molecule has 0 amide bonds. The summed E-state index contributed by atoms with van der Waals surface area (Å²) in [5.74, 6) is -0.943. The number of hydrogen-bond acceptors (Lipinski definition) is 4. The molecule has 1 N–H and O–H groups in total. The third-order valence-corrected chi connectivity index (χ3v) is 2.66. The molecule has 1 atom stereocenters. The summed E-state index contributed by atoms with van der Waals surface area (Å²) in [7, 11) is 0. The van der Waals surface area contributed by atoms with E-state index in [1.165, 1.54) is 25.1 Å². The number of phenols is 1. The number of ether oxygens (including phenoxy) is 1. The normalized spacial score (nSPS) is 11.9. The quantitative estimate of drug-likeness (QED) is 0.664. The molecule has 0 saturated heterocycles. The number of hydrogen-bond donors (Lipinski definition) is 1. The molecular weight excluding hydrogens is 244 g/mol. The molecule has 4 nitrogen and oxygen atoms in total. The van der Waals surface area contributed by atoms with Crippen LogP contribution >= 0.6 is 11.6 Å². The number of esters is 1. The molecule has 0 spiro atoms. The van der Waals surface area contributed by atoms with Crippen LogP contribution in [0.15, 0.2) is 18.2 Å². The molecule has 92 valence electrons. The summed E-state index contributed by atoms with van der Waals surface area (Å²) < 4.78 is 4.80. The summed E-state index contributed by atoms with van der Waals surface area (Å²) in [6, 6.07) is 4.06. The molecule has 1 aromatic carbocycles. The Morgan fingerprint density at radius 2 is 2.06 bits per heavy atom. The number of rotatable bonds is 4. The van der Waals surface area contributed by atoms with E-state index in [0.29, 0.717) is 5.56 Å². The molecule has 0 bridgehead atoms. The van der Waals surface area contributed by atoms with Crippen LogP contribution in [-0.2, 0) is 9.53 Å². The minimum absolute atomic E-state index is 0.127. The second-order valence-corrected chi connectivity index (χ2v) is 3.94. The van der Waals surface area contributed by atoms with Gasteiger partial charge < -0.3 is 9.84 Å². The molecule has 0 aromatic heterocycles. The standard InChI is InChI=1S/C12H13ClO4/c1-3-17-12(16)9-4-8(5-10(15)6-9)11(13)7(2)14/h4-6,11,15H,3H2,1-2H3. The molecule has 0 heterocycles. The van der Waals surface area contributed by atoms with Gasteiger partial charge in [0.2, 0.25) is 0 Å². The van der Waals surface area contributed by atoms with Crippen LogP contribution in [0.2, 0.25) is 0 Å². The lowest BCUT2D eigenvalue weighted by Gasteiger charge is -2.09. The molecular formula is C12H13ClO4. The second-order valence-electron chi connectivity index (χ2n) is 3.51. The monoisotopic (exact) mass is 256 g/mol. The van der Waals surface area contributed by atoms with E-state index in [9.17, 15) is 14.7 Å². The van der Waals surface area contributed by atoms with Gasteiger partial charge >= 0.3 is 5.97 Å². The van der Waals surface area contributed by atoms with Crippen molar-refractivity contribution < 1.29 is 19.4 Å². The van der Waals surface area contributed by atoms with Crippen molar-refractivity contribution in [1.29, 1.82) is 0 Å². The fourth-order valence-corrected chi connectivity index (χ4v) is 1.47. The van der Waals surface area contributed by atoms with Gasteiger partial charge in [-0.15, -0.1) is 11.6 Å². The van der Waals surface area contributed by atoms with E-state index in [4.69, 9.17) is 16.3 Å². The Kier molecular flexibility index (Phi) is 4.52. The molecule has 0 aliphatic carbocycles. The summed E-state index contributed by atoms with van der Waals surface area (Å²) in [4.78, 5) is 22.6. The lowest BCUT2D eigenvalue weighted by atomic mass is 10.1. The summed E-state index contributed by atoms with van der Waals surface area (Å²) in [5.41, 5.74) is 0.552. The Bertz CT molecular complexity index is 442. The van der Waals surface area contributed by atoms with E-state index in [0.717, 1.165) is 0 Å². The van der Waals surface area contributed by atoms with E-state index >= 15 is 0 Å². The first-order valence-corrected chi connectivity index (χ1v) is 5.55. The predicted octanol–water partition coefficient (Wildman–Crippen LogP) is 2.44. The van der Waals surface area contributed by atoms with Gasteiger partial charge in [-0.25, -0.2) is 4.79 Å². The lowest BCUT2D eigenvalue weighted by Crippen LogP contribution is -2.07. The minimum atomic E-state index is -0.879. The number of carbonyl (C=O) groups excluding carboxylic acids is 2. The number of benzene rings is 1. The maximum Gasteiger partial charge on any atom is 0.338 e. The zero-order valence-electron chi connectivity index (χ0n) is 9.57. The van der Waals surface area contributed by atoms with E-state index in [-0.39, 0.29) is 23.7 Å². The number of carbonyl (C=O) groups is 2. The number of alkyl halides is 1. The molecule has 1 rings (SSSR count). The van der Waals surface area contributed by atoms with Gasteiger partial charge in [-0.3, -0.25) is 4.79 Å². The number of phenolic OH excluding ortho intramolecular Hbond substituents is 1. The second kappa shape index (κ2) is 5.68. The molecule has 0 saturated carbocycles. The first-order chi connectivity index (χ1) is 7.95. The average Bonchev–Trinajstić information content (AvgIpc) is 2.27. The zero-order valence-corrected chi connectivity index (χ0v) is 10.3. The van der Waals surface area contributed by atoms with Gasteiger partial charge in [-0.05, 0) is 37.6 Å². The minimum Gasteiger partial charge on any atom is -0.508 e. The Hall–Kier alpha value is -1.55. The molecule has 0 aliphatic heterocycles. The smallest absolute Gasteiger partial charge is 0.338 e. The van der Waals surface area contributed by atoms with E-state index in [1.807, 2.05) is 0 Å². The van der Waals surface area contributed by atoms with Gasteiger partial charge in [-0.1, -0.05) is 0 Å². The number of Topliss-reactive ketones (excluding diaryl/α,β-unsaturated/α-hetero) is 1. The maximum atomic E-state index is 11.5. The third-order valence-electron chi connectivity index (χ3n) is 2.10. The summed E-state index contributed by atoms with van der Waals surface area (Å²) in [6.45, 7) is 3.26. The summed E-state index contributed by atoms with van der Waals surface area (Å²) in [6.07, 6.45) is 0. The fourth-order valence-electron chi connectivity index (χ4n) is 1.35. The average molecular weight is 257 g/mol. The van der Waals surface area contributed by atoms with Gasteiger partial charge in [0.15, 0.2) is 5.78 Å². The van der Waals surface area contributed by atoms with Crippen LogP contribution in [0, 0.1) is 0 Å². The van der Waals surface area contributed by atoms with Gasteiger partial charge in [0.25, 0.3) is 0 Å². The highest BCUT2D eigenvalue weighted by atomic mass is 35.5. The molecule has 0 radical (unpaired) electrons. The first-order valence-electron chi connectivity index (χ1n) is 5.11. The molecule has 5 heteroatoms. The first kappa shape index (κ1) is 13.5. The van der Waals surface area contributed by atoms with Crippen LogP contribution in [0.1, 0.15) is 35.1 Å². The Labute approximate surface area is 104 Å². The van der Waals surface area contributed by atoms with Crippen LogP contribution in [0.25, 0.3) is 0 Å². The van der Waals surface area contributed by atoms with Crippen LogP contribution in [0.5, 0.6) is 5.75 Å². The van der Waals surface area contributed by atoms with Crippen molar-refractivity contribution in [2.75, 3.05) is 6.61 Å². The number of halogens is 1. The predicted molar refractivity (Wildman–Crippen MR) is 63.3 cm³/mol. The molecule has 1 unspecified atom stereocenters. The third kappa shape index (κ3) is 3.46. The van der Waals surface area contributed by atoms with Crippen molar-refractivity contribution in [3.8, 4) is 5.75 Å². The fraction of sp³-hybridized carbons (Fsp3) is 0.333. The molecule has 0 aliphatic rings. The number of ketones is 1. The van der Waals surface area contributed by atoms with Crippen molar-refractivity contribution >= 4 is 23.4 Å². The highest BCUT2D eigenvalue weighted by Gasteiger charge is 2.17. The van der Waals surface area contributed by atoms with Gasteiger partial charge in [0, 0.05) is 0 Å². The highest BCUT2D eigenvalue weighted by Crippen LogP contribution is 2.26. The van der Waals surface area contributed by atoms with Crippen LogP contribution in [0.3, 0.4) is 0 Å². The van der Waals surface area contributed by atoms with Gasteiger partial charge in [-0.2, -0.15) is 0 Å². The van der Waals surface area contributed by atoms with Crippen LogP contribution in [-0.4, -0.2) is 23.5 Å². The molecule has 1 aromatic rings. The largest absolute Gasteiger partial charge is 0.508 e. The van der Waals surface area contributed by atoms with Crippen molar-refractivity contribution in [2.45, 2.75) is 19.2 Å². The van der Waals surface area contributed by atoms with Crippen LogP contribution in [0.4, 0.5) is 0 Å². The Morgan fingerprint density at radius 3 is 2.59 bits per heavy atom. The Balaban J connectivity index is 3.10. The Morgan fingerprint density at radius 1 is 1.41 bits per heavy atom. The van der Waals surface area contributed by atoms with E-state index in [1.54, 1.807) is 6.92 Å². The molecule has 0 fully saturated rings. The zero-order chi connectivity index (χ0) is 13.0.